The van der Waals surface area contributed by atoms with Crippen LogP contribution in [0.3, 0.4) is 0 Å². The number of esters is 1. The van der Waals surface area contributed by atoms with E-state index >= 15 is 0 Å². The number of carbonyl (C=O) groups excluding carboxylic acids is 6. The van der Waals surface area contributed by atoms with Gasteiger partial charge in [0.05, 0.1) is 4.75 Å². The van der Waals surface area contributed by atoms with Gasteiger partial charge in [-0.1, -0.05) is 110 Å². The lowest BCUT2D eigenvalue weighted by atomic mass is 9.84. The van der Waals surface area contributed by atoms with Crippen molar-refractivity contribution in [2.24, 2.45) is 5.73 Å². The van der Waals surface area contributed by atoms with Crippen LogP contribution in [-0.4, -0.2) is 89.2 Å². The van der Waals surface area contributed by atoms with E-state index in [9.17, 15) is 33.9 Å². The summed E-state index contributed by atoms with van der Waals surface area (Å²) < 4.78 is 15.1. The van der Waals surface area contributed by atoms with Crippen molar-refractivity contribution in [1.29, 1.82) is 0 Å². The maximum Gasteiger partial charge on any atom is 0.408 e. The predicted octanol–water partition coefficient (Wildman–Crippen LogP) is 6.27. The third-order valence-electron chi connectivity index (χ3n) is 9.47. The molecule has 346 valence electrons. The lowest BCUT2D eigenvalue weighted by Gasteiger charge is -2.36. The van der Waals surface area contributed by atoms with Crippen molar-refractivity contribution in [3.05, 3.63) is 150 Å². The molecule has 0 saturated heterocycles. The average molecular weight is 910 g/mol. The first-order valence-electron chi connectivity index (χ1n) is 21.0. The summed E-state index contributed by atoms with van der Waals surface area (Å²) in [5.74, 6) is -3.38. The van der Waals surface area contributed by atoms with Crippen LogP contribution in [0.25, 0.3) is 0 Å². The van der Waals surface area contributed by atoms with Gasteiger partial charge in [-0.05, 0) is 82.3 Å². The predicted molar refractivity (Wildman–Crippen MR) is 249 cm³/mol. The van der Waals surface area contributed by atoms with Gasteiger partial charge >= 0.3 is 18.2 Å². The van der Waals surface area contributed by atoms with Crippen molar-refractivity contribution in [3.8, 4) is 5.75 Å². The number of primary amides is 1. The molecule has 7 N–H and O–H groups in total. The normalized spacial score (nSPS) is 12.9. The fourth-order valence-electron chi connectivity index (χ4n) is 6.65. The molecule has 3 atom stereocenters. The van der Waals surface area contributed by atoms with Gasteiger partial charge < -0.3 is 46.3 Å². The number of hydrogen-bond donors (Lipinski definition) is 6. The number of nitrogens with two attached hydrogens (primary N) is 1. The molecule has 0 saturated carbocycles. The van der Waals surface area contributed by atoms with E-state index in [4.69, 9.17) is 19.9 Å². The van der Waals surface area contributed by atoms with Gasteiger partial charge in [-0.25, -0.2) is 14.4 Å². The molecule has 0 unspecified atom stereocenters. The van der Waals surface area contributed by atoms with Crippen molar-refractivity contribution in [2.45, 2.75) is 88.5 Å². The van der Waals surface area contributed by atoms with Crippen LogP contribution in [0, 0.1) is 0 Å². The molecule has 0 radical (unpaired) electrons. The molecule has 4 aromatic carbocycles. The van der Waals surface area contributed by atoms with E-state index in [2.05, 4.69) is 27.8 Å². The number of hydrogen-bond acceptors (Lipinski definition) is 11. The van der Waals surface area contributed by atoms with Crippen LogP contribution in [-0.2, 0) is 39.8 Å². The second-order valence-corrected chi connectivity index (χ2v) is 18.2. The fraction of sp³-hybridized carbons (Fsp3) is 0.347. The molecule has 0 aliphatic heterocycles. The molecule has 65 heavy (non-hydrogen) atoms. The molecule has 5 amide bonds. The number of carbonyl (C=O) groups is 6. The molecule has 0 fully saturated rings. The summed E-state index contributed by atoms with van der Waals surface area (Å²) in [6, 6.07) is 29.3. The Morgan fingerprint density at radius 3 is 1.66 bits per heavy atom. The van der Waals surface area contributed by atoms with E-state index in [1.54, 1.807) is 41.5 Å². The molecular formula is C49H59N5O10S. The number of thioether (sulfide) groups is 1. The number of alkyl carbamates (subject to hydrolysis) is 2. The summed E-state index contributed by atoms with van der Waals surface area (Å²) in [6.07, 6.45) is -0.899. The highest BCUT2D eigenvalue weighted by Crippen LogP contribution is 2.48. The van der Waals surface area contributed by atoms with Gasteiger partial charge in [0.25, 0.3) is 5.91 Å². The molecule has 0 spiro atoms. The summed E-state index contributed by atoms with van der Waals surface area (Å²) in [6.45, 7) is 13.1. The standard InChI is InChI=1S/C49H59N5O10S/c1-8-28-62-44(59)39(54-46(61)64-48(5,6)7)29-32-24-25-36(55)30-37(32)42(57)51-27-26-38(53-45(60)63-47(2,3)4)43(58)52-40(41(50)56)31-65-49(33-18-12-9-13-19-33,34-20-14-10-15-21-34)35-22-16-11-17-23-35/h8-25,30,38-40,55H,1,26-29,31H2,2-7H3,(H2,50,56)(H,51,57)(H,52,58)(H,53,60)(H,54,61)/t38-,39-,40-/m0/s1. The molecular weight excluding hydrogens is 851 g/mol. The number of aromatic hydroxyl groups is 1. The summed E-state index contributed by atoms with van der Waals surface area (Å²) >= 11 is 1.41. The van der Waals surface area contributed by atoms with Crippen molar-refractivity contribution < 1.29 is 48.1 Å². The van der Waals surface area contributed by atoms with Crippen LogP contribution in [0.2, 0.25) is 0 Å². The molecule has 0 heterocycles. The highest BCUT2D eigenvalue weighted by Gasteiger charge is 2.39. The van der Waals surface area contributed by atoms with Crippen molar-refractivity contribution in [1.82, 2.24) is 21.3 Å². The molecule has 0 aliphatic rings. The van der Waals surface area contributed by atoms with Crippen LogP contribution in [0.5, 0.6) is 5.75 Å². The highest BCUT2D eigenvalue weighted by molar-refractivity contribution is 8.00. The van der Waals surface area contributed by atoms with E-state index in [1.807, 2.05) is 91.0 Å². The summed E-state index contributed by atoms with van der Waals surface area (Å²) in [5.41, 5.74) is 7.12. The highest BCUT2D eigenvalue weighted by atomic mass is 32.2. The molecule has 4 rings (SSSR count). The summed E-state index contributed by atoms with van der Waals surface area (Å²) in [5, 5.41) is 20.9. The van der Waals surface area contributed by atoms with E-state index < -0.39 is 70.0 Å². The van der Waals surface area contributed by atoms with Gasteiger partial charge in [-0.2, -0.15) is 0 Å². The Morgan fingerprint density at radius 1 is 0.708 bits per heavy atom. The van der Waals surface area contributed by atoms with Crippen molar-refractivity contribution >= 4 is 47.6 Å². The van der Waals surface area contributed by atoms with Crippen molar-refractivity contribution in [3.63, 3.8) is 0 Å². The Balaban J connectivity index is 1.58. The zero-order chi connectivity index (χ0) is 47.8. The summed E-state index contributed by atoms with van der Waals surface area (Å²) in [7, 11) is 0. The minimum Gasteiger partial charge on any atom is -0.508 e. The van der Waals surface area contributed by atoms with Crippen LogP contribution in [0.4, 0.5) is 9.59 Å². The maximum absolute atomic E-state index is 14.1. The lowest BCUT2D eigenvalue weighted by molar-refractivity contribution is -0.144. The average Bonchev–Trinajstić information content (AvgIpc) is 3.24. The van der Waals surface area contributed by atoms with Crippen LogP contribution in [0.1, 0.15) is 80.6 Å². The number of phenols is 1. The smallest absolute Gasteiger partial charge is 0.408 e. The van der Waals surface area contributed by atoms with E-state index in [-0.39, 0.29) is 48.6 Å². The second-order valence-electron chi connectivity index (χ2n) is 17.0. The SMILES string of the molecule is C=CCOC(=O)[C@H](Cc1ccc(O)cc1C(=O)NCC[C@H](NC(=O)OC(C)(C)C)C(=O)N[C@@H](CSC(c1ccccc1)(c1ccccc1)c1ccccc1)C(N)=O)NC(=O)OC(C)(C)C. The Morgan fingerprint density at radius 2 is 1.20 bits per heavy atom. The lowest BCUT2D eigenvalue weighted by Crippen LogP contribution is -2.55. The minimum absolute atomic E-state index is 0.0147. The van der Waals surface area contributed by atoms with Crippen LogP contribution < -0.4 is 27.0 Å². The Labute approximate surface area is 384 Å². The number of amides is 5. The second kappa shape index (κ2) is 23.2. The minimum atomic E-state index is -1.34. The molecule has 4 aromatic rings. The monoisotopic (exact) mass is 909 g/mol. The third-order valence-corrected chi connectivity index (χ3v) is 11.1. The van der Waals surface area contributed by atoms with Gasteiger partial charge in [0.2, 0.25) is 11.8 Å². The molecule has 16 heteroatoms. The zero-order valence-electron chi connectivity index (χ0n) is 37.6. The van der Waals surface area contributed by atoms with Gasteiger partial charge in [0, 0.05) is 24.3 Å². The summed E-state index contributed by atoms with van der Waals surface area (Å²) in [4.78, 5) is 79.9. The first kappa shape index (κ1) is 50.8. The third kappa shape index (κ3) is 15.4. The van der Waals surface area contributed by atoms with E-state index in [0.717, 1.165) is 16.7 Å². The van der Waals surface area contributed by atoms with Gasteiger partial charge in [-0.3, -0.25) is 14.4 Å². The van der Waals surface area contributed by atoms with Gasteiger partial charge in [0.15, 0.2) is 0 Å². The Hall–Kier alpha value is -6.81. The number of benzene rings is 4. The van der Waals surface area contributed by atoms with Crippen LogP contribution >= 0.6 is 11.8 Å². The first-order valence-corrected chi connectivity index (χ1v) is 22.0. The topological polar surface area (TPSA) is 224 Å². The Kier molecular flexibility index (Phi) is 18.2. The Bertz CT molecular complexity index is 2170. The first-order chi connectivity index (χ1) is 30.7. The number of nitrogens with one attached hydrogen (secondary N) is 4. The molecule has 0 bridgehead atoms. The van der Waals surface area contributed by atoms with E-state index in [0.29, 0.717) is 0 Å². The van der Waals surface area contributed by atoms with Gasteiger partial charge in [0.1, 0.15) is 41.7 Å². The molecule has 0 aliphatic carbocycles. The van der Waals surface area contributed by atoms with Crippen molar-refractivity contribution in [2.75, 3.05) is 18.9 Å². The fourth-order valence-corrected chi connectivity index (χ4v) is 8.22. The maximum atomic E-state index is 14.1. The number of rotatable bonds is 20. The quantitative estimate of drug-likeness (QED) is 0.0251. The zero-order valence-corrected chi connectivity index (χ0v) is 38.4. The van der Waals surface area contributed by atoms with Gasteiger partial charge in [-0.15, -0.1) is 11.8 Å². The molecule has 15 nitrogen and oxygen atoms in total. The van der Waals surface area contributed by atoms with E-state index in [1.165, 1.54) is 36.0 Å². The number of ether oxygens (including phenoxy) is 3. The van der Waals surface area contributed by atoms with Crippen LogP contribution in [0.15, 0.2) is 122 Å². The molecule has 0 aromatic heterocycles. The number of phenolic OH excluding ortho intramolecular Hbond substituents is 1. The largest absolute Gasteiger partial charge is 0.508 e.